The number of carbonyl (C=O) groups is 2. The summed E-state index contributed by atoms with van der Waals surface area (Å²) < 4.78 is 1.23. The van der Waals surface area contributed by atoms with E-state index in [2.05, 4.69) is 5.32 Å². The number of rotatable bonds is 4. The molecule has 138 valence electrons. The predicted molar refractivity (Wildman–Crippen MR) is 101 cm³/mol. The minimum atomic E-state index is -1.26. The fraction of sp³-hybridized carbons (Fsp3) is 0.105. The van der Waals surface area contributed by atoms with Crippen molar-refractivity contribution >= 4 is 34.4 Å². The maximum absolute atomic E-state index is 12.6. The molecule has 0 spiro atoms. The van der Waals surface area contributed by atoms with Gasteiger partial charge in [0.15, 0.2) is 0 Å². The number of aromatic hydroxyl groups is 1. The quantitative estimate of drug-likeness (QED) is 0.638. The average Bonchev–Trinajstić information content (AvgIpc) is 2.64. The number of amides is 1. The molecule has 0 radical (unpaired) electrons. The van der Waals surface area contributed by atoms with Crippen LogP contribution in [0.5, 0.6) is 5.75 Å². The first-order valence-electron chi connectivity index (χ1n) is 7.91. The highest BCUT2D eigenvalue weighted by Crippen LogP contribution is 2.31. The number of aryl methyl sites for hydroxylation is 1. The summed E-state index contributed by atoms with van der Waals surface area (Å²) in [5, 5.41) is 22.1. The summed E-state index contributed by atoms with van der Waals surface area (Å²) in [7, 11) is 1.47. The number of benzene rings is 2. The number of nitrogens with zero attached hydrogens (tertiary/aromatic N) is 1. The number of carbonyl (C=O) groups excluding carboxylic acids is 1. The molecule has 3 rings (SSSR count). The number of fused-ring (bicyclic) bond motifs is 1. The van der Waals surface area contributed by atoms with Crippen LogP contribution in [0, 0.1) is 0 Å². The number of aromatic nitrogens is 1. The van der Waals surface area contributed by atoms with Crippen molar-refractivity contribution in [2.75, 3.05) is 6.54 Å². The molecule has 0 bridgehead atoms. The fourth-order valence-electron chi connectivity index (χ4n) is 2.82. The van der Waals surface area contributed by atoms with Crippen molar-refractivity contribution in [1.29, 1.82) is 0 Å². The third kappa shape index (κ3) is 3.50. The average molecular weight is 387 g/mol. The Morgan fingerprint density at radius 1 is 1.15 bits per heavy atom. The summed E-state index contributed by atoms with van der Waals surface area (Å²) in [4.78, 5) is 35.3. The van der Waals surface area contributed by atoms with Gasteiger partial charge in [-0.05, 0) is 35.4 Å². The van der Waals surface area contributed by atoms with Crippen LogP contribution in [0.4, 0.5) is 0 Å². The molecule has 0 atom stereocenters. The number of aliphatic carboxylic acids is 1. The monoisotopic (exact) mass is 386 g/mol. The molecule has 0 aliphatic heterocycles. The summed E-state index contributed by atoms with van der Waals surface area (Å²) in [5.74, 6) is -2.70. The summed E-state index contributed by atoms with van der Waals surface area (Å²) in [6.45, 7) is -0.660. The normalized spacial score (nSPS) is 10.7. The lowest BCUT2D eigenvalue weighted by Gasteiger charge is -2.13. The lowest BCUT2D eigenvalue weighted by Crippen LogP contribution is -2.35. The molecule has 1 heterocycles. The van der Waals surface area contributed by atoms with E-state index in [4.69, 9.17) is 16.7 Å². The Labute approximate surface area is 158 Å². The molecule has 3 N–H and O–H groups in total. The van der Waals surface area contributed by atoms with Gasteiger partial charge in [-0.25, -0.2) is 0 Å². The molecular formula is C19H15ClN2O5. The minimum Gasteiger partial charge on any atom is -0.506 e. The van der Waals surface area contributed by atoms with Gasteiger partial charge in [-0.2, -0.15) is 0 Å². The molecule has 0 saturated carbocycles. The number of nitrogens with one attached hydrogen (secondary N) is 1. The summed E-state index contributed by atoms with van der Waals surface area (Å²) in [5.41, 5.74) is 0.805. The fourth-order valence-corrected chi connectivity index (χ4v) is 3.01. The van der Waals surface area contributed by atoms with Gasteiger partial charge in [0.05, 0.1) is 5.52 Å². The van der Waals surface area contributed by atoms with Crippen LogP contribution in [0.1, 0.15) is 10.4 Å². The van der Waals surface area contributed by atoms with Crippen LogP contribution in [0.2, 0.25) is 5.02 Å². The number of hydrogen-bond donors (Lipinski definition) is 3. The summed E-state index contributed by atoms with van der Waals surface area (Å²) in [6, 6.07) is 12.2. The maximum Gasteiger partial charge on any atom is 0.322 e. The zero-order chi connectivity index (χ0) is 19.7. The van der Waals surface area contributed by atoms with Crippen molar-refractivity contribution in [3.63, 3.8) is 0 Å². The Bertz CT molecular complexity index is 1140. The van der Waals surface area contributed by atoms with E-state index in [1.807, 2.05) is 6.07 Å². The first kappa shape index (κ1) is 18.5. The van der Waals surface area contributed by atoms with E-state index in [1.165, 1.54) is 11.6 Å². The third-order valence-electron chi connectivity index (χ3n) is 4.15. The van der Waals surface area contributed by atoms with Crippen LogP contribution in [0.15, 0.2) is 47.3 Å². The molecule has 7 nitrogen and oxygen atoms in total. The molecular weight excluding hydrogens is 372 g/mol. The Balaban J connectivity index is 2.16. The first-order valence-corrected chi connectivity index (χ1v) is 8.29. The van der Waals surface area contributed by atoms with Gasteiger partial charge < -0.3 is 20.1 Å². The predicted octanol–water partition coefficient (Wildman–Crippen LogP) is 2.38. The molecule has 0 unspecified atom stereocenters. The minimum absolute atomic E-state index is 0.295. The molecule has 1 amide bonds. The Morgan fingerprint density at radius 3 is 2.52 bits per heavy atom. The van der Waals surface area contributed by atoms with Gasteiger partial charge in [0.2, 0.25) is 0 Å². The maximum atomic E-state index is 12.6. The van der Waals surface area contributed by atoms with E-state index in [1.54, 1.807) is 36.4 Å². The highest BCUT2D eigenvalue weighted by atomic mass is 35.5. The highest BCUT2D eigenvalue weighted by molar-refractivity contribution is 6.30. The molecule has 1 aromatic heterocycles. The van der Waals surface area contributed by atoms with Gasteiger partial charge in [-0.1, -0.05) is 29.8 Å². The molecule has 0 saturated heterocycles. The smallest absolute Gasteiger partial charge is 0.322 e. The lowest BCUT2D eigenvalue weighted by atomic mass is 10.0. The SMILES string of the molecule is Cn1c(=O)c(C(=O)NCC(=O)O)c(O)c2ccc(-c3cccc(Cl)c3)cc21. The van der Waals surface area contributed by atoms with E-state index in [0.29, 0.717) is 15.9 Å². The van der Waals surface area contributed by atoms with Gasteiger partial charge >= 0.3 is 5.97 Å². The van der Waals surface area contributed by atoms with Gasteiger partial charge in [0.25, 0.3) is 11.5 Å². The number of carboxylic acids is 1. The van der Waals surface area contributed by atoms with E-state index >= 15 is 0 Å². The van der Waals surface area contributed by atoms with Crippen LogP contribution in [0.25, 0.3) is 22.0 Å². The van der Waals surface area contributed by atoms with Crippen LogP contribution >= 0.6 is 11.6 Å². The molecule has 0 aliphatic carbocycles. The van der Waals surface area contributed by atoms with E-state index in [-0.39, 0.29) is 0 Å². The van der Waals surface area contributed by atoms with E-state index < -0.39 is 35.3 Å². The number of halogens is 1. The summed E-state index contributed by atoms with van der Waals surface area (Å²) >= 11 is 6.02. The zero-order valence-electron chi connectivity index (χ0n) is 14.2. The van der Waals surface area contributed by atoms with Crippen molar-refractivity contribution in [1.82, 2.24) is 9.88 Å². The zero-order valence-corrected chi connectivity index (χ0v) is 14.9. The Morgan fingerprint density at radius 2 is 1.85 bits per heavy atom. The first-order chi connectivity index (χ1) is 12.8. The number of pyridine rings is 1. The van der Waals surface area contributed by atoms with Crippen molar-refractivity contribution < 1.29 is 19.8 Å². The lowest BCUT2D eigenvalue weighted by molar-refractivity contribution is -0.135. The van der Waals surface area contributed by atoms with Gasteiger partial charge in [-0.15, -0.1) is 0 Å². The van der Waals surface area contributed by atoms with Gasteiger partial charge in [0.1, 0.15) is 17.9 Å². The van der Waals surface area contributed by atoms with Crippen molar-refractivity contribution in [3.8, 4) is 16.9 Å². The largest absolute Gasteiger partial charge is 0.506 e. The standard InChI is InChI=1S/C19H15ClN2O5/c1-22-14-8-11(10-3-2-4-12(20)7-10)5-6-13(14)17(25)16(19(22)27)18(26)21-9-15(23)24/h2-8,25H,9H2,1H3,(H,21,26)(H,23,24). The summed E-state index contributed by atoms with van der Waals surface area (Å²) in [6.07, 6.45) is 0. The van der Waals surface area contributed by atoms with Crippen LogP contribution in [0.3, 0.4) is 0 Å². The van der Waals surface area contributed by atoms with Crippen molar-refractivity contribution in [2.24, 2.45) is 7.05 Å². The Hall–Kier alpha value is -3.32. The van der Waals surface area contributed by atoms with E-state index in [9.17, 15) is 19.5 Å². The Kier molecular flexibility index (Phi) is 4.87. The molecule has 27 heavy (non-hydrogen) atoms. The number of hydrogen-bond acceptors (Lipinski definition) is 4. The third-order valence-corrected chi connectivity index (χ3v) is 4.39. The topological polar surface area (TPSA) is 109 Å². The van der Waals surface area contributed by atoms with Crippen molar-refractivity contribution in [2.45, 2.75) is 0 Å². The van der Waals surface area contributed by atoms with Crippen LogP contribution < -0.4 is 10.9 Å². The van der Waals surface area contributed by atoms with E-state index in [0.717, 1.165) is 11.1 Å². The molecule has 0 fully saturated rings. The molecule has 8 heteroatoms. The number of carboxylic acid groups (broad SMARTS) is 1. The second-order valence-corrected chi connectivity index (χ2v) is 6.34. The van der Waals surface area contributed by atoms with Crippen LogP contribution in [-0.2, 0) is 11.8 Å². The van der Waals surface area contributed by atoms with Gasteiger partial charge in [0, 0.05) is 17.5 Å². The second kappa shape index (κ2) is 7.13. The highest BCUT2D eigenvalue weighted by Gasteiger charge is 2.21. The van der Waals surface area contributed by atoms with Crippen molar-refractivity contribution in [3.05, 3.63) is 63.4 Å². The molecule has 0 aliphatic rings. The molecule has 2 aromatic carbocycles. The second-order valence-electron chi connectivity index (χ2n) is 5.91. The van der Waals surface area contributed by atoms with Gasteiger partial charge in [-0.3, -0.25) is 14.4 Å². The van der Waals surface area contributed by atoms with Crippen LogP contribution in [-0.4, -0.2) is 33.2 Å². The molecule has 3 aromatic rings.